The molecular weight excluding hydrogens is 264 g/mol. The molecule has 0 saturated heterocycles. The van der Waals surface area contributed by atoms with Crippen LogP contribution in [0.3, 0.4) is 0 Å². The van der Waals surface area contributed by atoms with Crippen LogP contribution in [0.4, 0.5) is 0 Å². The first-order valence-corrected chi connectivity index (χ1v) is 7.32. The summed E-state index contributed by atoms with van der Waals surface area (Å²) in [7, 11) is 1.78. The van der Waals surface area contributed by atoms with Gasteiger partial charge < -0.3 is 15.4 Å². The summed E-state index contributed by atoms with van der Waals surface area (Å²) in [5, 5.41) is 0. The van der Waals surface area contributed by atoms with Gasteiger partial charge in [-0.15, -0.1) is 0 Å². The first kappa shape index (κ1) is 17.2. The number of ether oxygens (including phenoxy) is 1. The number of hydrogen-bond donors (Lipinski definition) is 1. The average molecular weight is 290 g/mol. The van der Waals surface area contributed by atoms with Crippen molar-refractivity contribution < 1.29 is 9.53 Å². The number of amides is 1. The quantitative estimate of drug-likeness (QED) is 0.749. The molecule has 0 saturated carbocycles. The lowest BCUT2D eigenvalue weighted by Gasteiger charge is -2.24. The van der Waals surface area contributed by atoms with Crippen molar-refractivity contribution in [2.24, 2.45) is 11.7 Å². The fourth-order valence-corrected chi connectivity index (χ4v) is 1.95. The second kappa shape index (κ2) is 8.47. The van der Waals surface area contributed by atoms with Gasteiger partial charge in [0, 0.05) is 13.6 Å². The van der Waals surface area contributed by atoms with Crippen molar-refractivity contribution in [3.05, 3.63) is 42.5 Å². The van der Waals surface area contributed by atoms with E-state index in [1.807, 2.05) is 38.1 Å². The molecule has 0 fully saturated rings. The Hall–Kier alpha value is -1.81. The minimum Gasteiger partial charge on any atom is -0.490 e. The van der Waals surface area contributed by atoms with E-state index < -0.39 is 6.04 Å². The van der Waals surface area contributed by atoms with Crippen LogP contribution in [0.5, 0.6) is 5.75 Å². The monoisotopic (exact) mass is 290 g/mol. The van der Waals surface area contributed by atoms with Gasteiger partial charge in [-0.3, -0.25) is 4.79 Å². The lowest BCUT2D eigenvalue weighted by atomic mass is 9.99. The van der Waals surface area contributed by atoms with Crippen LogP contribution in [0, 0.1) is 5.92 Å². The second-order valence-electron chi connectivity index (χ2n) is 5.35. The van der Waals surface area contributed by atoms with Crippen molar-refractivity contribution in [1.29, 1.82) is 0 Å². The zero-order valence-electron chi connectivity index (χ0n) is 13.2. The van der Waals surface area contributed by atoms with E-state index in [0.717, 1.165) is 17.7 Å². The molecule has 4 nitrogen and oxygen atoms in total. The van der Waals surface area contributed by atoms with E-state index in [2.05, 4.69) is 6.58 Å². The number of benzene rings is 1. The molecule has 2 atom stereocenters. The van der Waals surface area contributed by atoms with Crippen LogP contribution in [0.25, 0.3) is 0 Å². The molecule has 116 valence electrons. The van der Waals surface area contributed by atoms with E-state index in [-0.39, 0.29) is 11.8 Å². The molecule has 0 aliphatic rings. The smallest absolute Gasteiger partial charge is 0.239 e. The molecule has 0 spiro atoms. The number of likely N-dealkylation sites (N-methyl/N-ethyl adjacent to an activating group) is 1. The summed E-state index contributed by atoms with van der Waals surface area (Å²) in [6.07, 6.45) is 2.60. The molecule has 0 heterocycles. The normalized spacial score (nSPS) is 13.3. The Morgan fingerprint density at radius 2 is 2.05 bits per heavy atom. The second-order valence-corrected chi connectivity index (χ2v) is 5.35. The Balaban J connectivity index is 2.59. The molecule has 1 amide bonds. The Kier molecular flexibility index (Phi) is 6.96. The molecule has 1 aromatic carbocycles. The predicted molar refractivity (Wildman–Crippen MR) is 86.0 cm³/mol. The number of nitrogens with zero attached hydrogens (tertiary/aromatic N) is 1. The van der Waals surface area contributed by atoms with E-state index in [1.54, 1.807) is 18.0 Å². The summed E-state index contributed by atoms with van der Waals surface area (Å²) in [5.74, 6) is 0.967. The zero-order chi connectivity index (χ0) is 15.8. The van der Waals surface area contributed by atoms with E-state index in [0.29, 0.717) is 13.2 Å². The number of carbonyl (C=O) groups excluding carboxylic acids is 1. The lowest BCUT2D eigenvalue weighted by molar-refractivity contribution is -0.132. The van der Waals surface area contributed by atoms with Gasteiger partial charge in [-0.25, -0.2) is 0 Å². The first-order valence-electron chi connectivity index (χ1n) is 7.32. The minimum absolute atomic E-state index is 0.0173. The van der Waals surface area contributed by atoms with Crippen LogP contribution >= 0.6 is 0 Å². The van der Waals surface area contributed by atoms with E-state index in [9.17, 15) is 4.79 Å². The summed E-state index contributed by atoms with van der Waals surface area (Å²) in [6, 6.07) is 7.26. The number of nitrogens with two attached hydrogens (primary N) is 1. The third-order valence-electron chi connectivity index (χ3n) is 3.63. The van der Waals surface area contributed by atoms with Gasteiger partial charge in [0.05, 0.1) is 6.04 Å². The number of rotatable bonds is 8. The van der Waals surface area contributed by atoms with Crippen LogP contribution in [0.2, 0.25) is 0 Å². The summed E-state index contributed by atoms with van der Waals surface area (Å²) < 4.78 is 5.43. The fourth-order valence-electron chi connectivity index (χ4n) is 1.95. The van der Waals surface area contributed by atoms with Crippen molar-refractivity contribution >= 4 is 5.91 Å². The summed E-state index contributed by atoms with van der Waals surface area (Å²) in [5.41, 5.74) is 7.03. The fraction of sp³-hybridized carbons (Fsp3) is 0.471. The minimum atomic E-state index is -0.435. The zero-order valence-corrected chi connectivity index (χ0v) is 13.2. The Bertz CT molecular complexity index is 456. The molecule has 1 unspecified atom stereocenters. The third kappa shape index (κ3) is 5.23. The van der Waals surface area contributed by atoms with Crippen LogP contribution in [0.1, 0.15) is 25.8 Å². The van der Waals surface area contributed by atoms with Crippen molar-refractivity contribution in [2.45, 2.75) is 32.9 Å². The largest absolute Gasteiger partial charge is 0.490 e. The molecule has 0 aliphatic carbocycles. The van der Waals surface area contributed by atoms with E-state index in [1.165, 1.54) is 0 Å². The highest BCUT2D eigenvalue weighted by Crippen LogP contribution is 2.14. The van der Waals surface area contributed by atoms with Crippen LogP contribution in [0.15, 0.2) is 36.9 Å². The summed E-state index contributed by atoms with van der Waals surface area (Å²) >= 11 is 0. The van der Waals surface area contributed by atoms with Gasteiger partial charge in [0.25, 0.3) is 0 Å². The standard InChI is InChI=1S/C17H26N2O2/c1-5-11-21-15-9-7-14(8-10-15)12-19(4)17(20)16(18)13(3)6-2/h5,7-10,13,16H,1,6,11-12,18H2,2-4H3/t13?,16-/m0/s1. The van der Waals surface area contributed by atoms with E-state index in [4.69, 9.17) is 10.5 Å². The molecule has 21 heavy (non-hydrogen) atoms. The van der Waals surface area contributed by atoms with E-state index >= 15 is 0 Å². The van der Waals surface area contributed by atoms with Gasteiger partial charge in [-0.2, -0.15) is 0 Å². The molecule has 0 bridgehead atoms. The topological polar surface area (TPSA) is 55.6 Å². The van der Waals surface area contributed by atoms with Crippen molar-refractivity contribution in [1.82, 2.24) is 4.90 Å². The molecule has 2 N–H and O–H groups in total. The maximum absolute atomic E-state index is 12.2. The average Bonchev–Trinajstić information content (AvgIpc) is 2.51. The highest BCUT2D eigenvalue weighted by Gasteiger charge is 2.22. The van der Waals surface area contributed by atoms with Crippen LogP contribution in [-0.2, 0) is 11.3 Å². The third-order valence-corrected chi connectivity index (χ3v) is 3.63. The molecule has 0 aliphatic heterocycles. The highest BCUT2D eigenvalue weighted by molar-refractivity contribution is 5.81. The van der Waals surface area contributed by atoms with Gasteiger partial charge in [0.15, 0.2) is 0 Å². The maximum Gasteiger partial charge on any atom is 0.239 e. The Labute approximate surface area is 127 Å². The Morgan fingerprint density at radius 3 is 2.57 bits per heavy atom. The summed E-state index contributed by atoms with van der Waals surface area (Å²) in [6.45, 7) is 8.69. The number of carbonyl (C=O) groups is 1. The van der Waals surface area contributed by atoms with Crippen molar-refractivity contribution in [3.63, 3.8) is 0 Å². The maximum atomic E-state index is 12.2. The van der Waals surface area contributed by atoms with Crippen LogP contribution < -0.4 is 10.5 Å². The molecule has 0 radical (unpaired) electrons. The van der Waals surface area contributed by atoms with Crippen LogP contribution in [-0.4, -0.2) is 30.5 Å². The number of hydrogen-bond acceptors (Lipinski definition) is 3. The molecule has 1 aromatic rings. The molecule has 0 aromatic heterocycles. The van der Waals surface area contributed by atoms with Gasteiger partial charge >= 0.3 is 0 Å². The van der Waals surface area contributed by atoms with Crippen molar-refractivity contribution in [3.8, 4) is 5.75 Å². The first-order chi connectivity index (χ1) is 9.99. The van der Waals surface area contributed by atoms with Gasteiger partial charge in [-0.05, 0) is 23.6 Å². The predicted octanol–water partition coefficient (Wildman–Crippen LogP) is 2.58. The Morgan fingerprint density at radius 1 is 1.43 bits per heavy atom. The molecular formula is C17H26N2O2. The van der Waals surface area contributed by atoms with Gasteiger partial charge in [0.2, 0.25) is 5.91 Å². The van der Waals surface area contributed by atoms with Crippen molar-refractivity contribution in [2.75, 3.05) is 13.7 Å². The molecule has 1 rings (SSSR count). The lowest BCUT2D eigenvalue weighted by Crippen LogP contribution is -2.45. The molecule has 4 heteroatoms. The SMILES string of the molecule is C=CCOc1ccc(CN(C)C(=O)[C@@H](N)C(C)CC)cc1. The van der Waals surface area contributed by atoms with Gasteiger partial charge in [-0.1, -0.05) is 45.1 Å². The highest BCUT2D eigenvalue weighted by atomic mass is 16.5. The summed E-state index contributed by atoms with van der Waals surface area (Å²) in [4.78, 5) is 13.9. The van der Waals surface area contributed by atoms with Gasteiger partial charge in [0.1, 0.15) is 12.4 Å².